The molecule has 0 saturated carbocycles. The summed E-state index contributed by atoms with van der Waals surface area (Å²) in [4.78, 5) is 11.1. The molecule has 2 aromatic rings. The number of sulfonamides is 1. The molecule has 1 aromatic carbocycles. The van der Waals surface area contributed by atoms with Gasteiger partial charge in [0.05, 0.1) is 16.0 Å². The van der Waals surface area contributed by atoms with Crippen molar-refractivity contribution >= 4 is 43.4 Å². The molecule has 9 nitrogen and oxygen atoms in total. The molecular weight excluding hydrogens is 472 g/mol. The van der Waals surface area contributed by atoms with E-state index in [1.165, 1.54) is 12.8 Å². The molecular formula is C19H27BrN6O3S. The Bertz CT molecular complexity index is 936. The van der Waals surface area contributed by atoms with Crippen LogP contribution in [-0.4, -0.2) is 67.2 Å². The van der Waals surface area contributed by atoms with E-state index in [1.54, 1.807) is 30.5 Å². The van der Waals surface area contributed by atoms with E-state index in [0.717, 1.165) is 19.6 Å². The van der Waals surface area contributed by atoms with Crippen molar-refractivity contribution in [3.8, 4) is 0 Å². The lowest BCUT2D eigenvalue weighted by Gasteiger charge is -2.15. The third kappa shape index (κ3) is 6.35. The molecule has 11 heteroatoms. The summed E-state index contributed by atoms with van der Waals surface area (Å²) in [5.41, 5.74) is 0.662. The molecule has 0 amide bonds. The first kappa shape index (κ1) is 22.9. The Balaban J connectivity index is 1.60. The van der Waals surface area contributed by atoms with Crippen LogP contribution in [0, 0.1) is 0 Å². The number of hydrogen-bond acceptors (Lipinski definition) is 8. The summed E-state index contributed by atoms with van der Waals surface area (Å²) in [6, 6.07) is 6.28. The summed E-state index contributed by atoms with van der Waals surface area (Å²) in [7, 11) is -3.55. The highest BCUT2D eigenvalue weighted by Gasteiger charge is 2.16. The second-order valence-electron chi connectivity index (χ2n) is 7.21. The maximum absolute atomic E-state index is 12.5. The fraction of sp³-hybridized carbons (Fsp3) is 0.474. The molecule has 0 radical (unpaired) electrons. The van der Waals surface area contributed by atoms with Crippen molar-refractivity contribution in [3.63, 3.8) is 0 Å². The second-order valence-corrected chi connectivity index (χ2v) is 9.84. The quantitative estimate of drug-likeness (QED) is 0.393. The Morgan fingerprint density at radius 2 is 1.93 bits per heavy atom. The molecule has 1 atom stereocenters. The van der Waals surface area contributed by atoms with Crippen molar-refractivity contribution in [3.05, 3.63) is 34.9 Å². The molecule has 164 valence electrons. The van der Waals surface area contributed by atoms with E-state index >= 15 is 0 Å². The van der Waals surface area contributed by atoms with Crippen LogP contribution in [0.15, 0.2) is 39.8 Å². The monoisotopic (exact) mass is 498 g/mol. The van der Waals surface area contributed by atoms with Crippen LogP contribution in [0.1, 0.15) is 19.8 Å². The zero-order valence-corrected chi connectivity index (χ0v) is 19.2. The number of benzene rings is 1. The van der Waals surface area contributed by atoms with Crippen molar-refractivity contribution < 1.29 is 13.5 Å². The predicted molar refractivity (Wildman–Crippen MR) is 120 cm³/mol. The number of halogens is 1. The van der Waals surface area contributed by atoms with Gasteiger partial charge in [0.1, 0.15) is 5.82 Å². The van der Waals surface area contributed by atoms with Gasteiger partial charge in [0.2, 0.25) is 16.0 Å². The van der Waals surface area contributed by atoms with Gasteiger partial charge in [0.25, 0.3) is 0 Å². The van der Waals surface area contributed by atoms with Gasteiger partial charge in [-0.3, -0.25) is 0 Å². The van der Waals surface area contributed by atoms with Crippen molar-refractivity contribution in [2.45, 2.75) is 30.7 Å². The fourth-order valence-electron chi connectivity index (χ4n) is 3.08. The predicted octanol–water partition coefficient (Wildman–Crippen LogP) is 2.15. The molecule has 2 heterocycles. The molecule has 0 spiro atoms. The van der Waals surface area contributed by atoms with Gasteiger partial charge in [-0.15, -0.1) is 0 Å². The Morgan fingerprint density at radius 3 is 2.60 bits per heavy atom. The van der Waals surface area contributed by atoms with E-state index in [4.69, 9.17) is 0 Å². The standard InChI is InChI=1S/C19H27BrN6O3S/c1-14(13-27)23-18-17(20)12-21-19(25-18)24-15-4-6-16(7-5-15)30(28,29)22-8-11-26-9-2-3-10-26/h4-7,12,14,22,27H,2-3,8-11,13H2,1H3,(H2,21,23,24,25)/t14-/m1/s1. The maximum Gasteiger partial charge on any atom is 0.240 e. The van der Waals surface area contributed by atoms with Crippen molar-refractivity contribution in [1.29, 1.82) is 0 Å². The summed E-state index contributed by atoms with van der Waals surface area (Å²) < 4.78 is 28.3. The van der Waals surface area contributed by atoms with Crippen LogP contribution in [0.25, 0.3) is 0 Å². The molecule has 1 saturated heterocycles. The second kappa shape index (κ2) is 10.5. The van der Waals surface area contributed by atoms with Crippen LogP contribution >= 0.6 is 15.9 Å². The number of nitrogens with zero attached hydrogens (tertiary/aromatic N) is 3. The molecule has 3 rings (SSSR count). The maximum atomic E-state index is 12.5. The largest absolute Gasteiger partial charge is 0.394 e. The fourth-order valence-corrected chi connectivity index (χ4v) is 4.41. The SMILES string of the molecule is C[C@H](CO)Nc1nc(Nc2ccc(S(=O)(=O)NCCN3CCCC3)cc2)ncc1Br. The molecule has 1 aliphatic heterocycles. The zero-order valence-electron chi connectivity index (χ0n) is 16.8. The van der Waals surface area contributed by atoms with Crippen LogP contribution in [0.5, 0.6) is 0 Å². The van der Waals surface area contributed by atoms with Gasteiger partial charge in [-0.2, -0.15) is 4.98 Å². The minimum Gasteiger partial charge on any atom is -0.394 e. The third-order valence-electron chi connectivity index (χ3n) is 4.74. The number of hydrogen-bond donors (Lipinski definition) is 4. The smallest absolute Gasteiger partial charge is 0.240 e. The zero-order chi connectivity index (χ0) is 21.6. The number of nitrogens with one attached hydrogen (secondary N) is 3. The molecule has 30 heavy (non-hydrogen) atoms. The van der Waals surface area contributed by atoms with Crippen molar-refractivity contribution in [2.24, 2.45) is 0 Å². The van der Waals surface area contributed by atoms with Gasteiger partial charge >= 0.3 is 0 Å². The summed E-state index contributed by atoms with van der Waals surface area (Å²) in [6.07, 6.45) is 3.97. The highest BCUT2D eigenvalue weighted by molar-refractivity contribution is 9.10. The summed E-state index contributed by atoms with van der Waals surface area (Å²) in [6.45, 7) is 5.01. The van der Waals surface area contributed by atoms with E-state index in [1.807, 2.05) is 6.92 Å². The van der Waals surface area contributed by atoms with E-state index < -0.39 is 10.0 Å². The lowest BCUT2D eigenvalue weighted by Crippen LogP contribution is -2.33. The summed E-state index contributed by atoms with van der Waals surface area (Å²) in [5, 5.41) is 15.3. The number of aliphatic hydroxyl groups excluding tert-OH is 1. The van der Waals surface area contributed by atoms with Gasteiger partial charge in [0.15, 0.2) is 0 Å². The molecule has 1 aromatic heterocycles. The third-order valence-corrected chi connectivity index (χ3v) is 6.80. The molecule has 1 fully saturated rings. The first-order chi connectivity index (χ1) is 14.4. The Labute approximate surface area is 185 Å². The Kier molecular flexibility index (Phi) is 8.00. The minimum absolute atomic E-state index is 0.0266. The van der Waals surface area contributed by atoms with Gasteiger partial charge in [-0.1, -0.05) is 0 Å². The number of rotatable bonds is 10. The van der Waals surface area contributed by atoms with E-state index in [9.17, 15) is 13.5 Å². The Morgan fingerprint density at radius 1 is 1.23 bits per heavy atom. The van der Waals surface area contributed by atoms with Gasteiger partial charge in [0, 0.05) is 31.0 Å². The normalized spacial score (nSPS) is 15.8. The number of likely N-dealkylation sites (tertiary alicyclic amines) is 1. The van der Waals surface area contributed by atoms with Crippen LogP contribution < -0.4 is 15.4 Å². The molecule has 0 aliphatic carbocycles. The topological polar surface area (TPSA) is 119 Å². The number of anilines is 3. The van der Waals surface area contributed by atoms with Crippen LogP contribution in [0.4, 0.5) is 17.5 Å². The van der Waals surface area contributed by atoms with Gasteiger partial charge in [-0.25, -0.2) is 18.1 Å². The highest BCUT2D eigenvalue weighted by atomic mass is 79.9. The highest BCUT2D eigenvalue weighted by Crippen LogP contribution is 2.23. The average molecular weight is 499 g/mol. The molecule has 1 aliphatic rings. The number of aliphatic hydroxyl groups is 1. The lowest BCUT2D eigenvalue weighted by atomic mass is 10.3. The van der Waals surface area contributed by atoms with E-state index in [2.05, 4.69) is 46.2 Å². The summed E-state index contributed by atoms with van der Waals surface area (Å²) in [5.74, 6) is 0.903. The van der Waals surface area contributed by atoms with Crippen molar-refractivity contribution in [2.75, 3.05) is 43.4 Å². The first-order valence-corrected chi connectivity index (χ1v) is 12.1. The lowest BCUT2D eigenvalue weighted by molar-refractivity contribution is 0.281. The number of aromatic nitrogens is 2. The first-order valence-electron chi connectivity index (χ1n) is 9.86. The average Bonchev–Trinajstić information content (AvgIpc) is 3.24. The van der Waals surface area contributed by atoms with Crippen LogP contribution in [-0.2, 0) is 10.0 Å². The molecule has 0 bridgehead atoms. The minimum atomic E-state index is -3.55. The van der Waals surface area contributed by atoms with Crippen LogP contribution in [0.3, 0.4) is 0 Å². The summed E-state index contributed by atoms with van der Waals surface area (Å²) >= 11 is 3.37. The molecule has 4 N–H and O–H groups in total. The van der Waals surface area contributed by atoms with Crippen molar-refractivity contribution in [1.82, 2.24) is 19.6 Å². The molecule has 0 unspecified atom stereocenters. The van der Waals surface area contributed by atoms with Gasteiger partial charge < -0.3 is 20.6 Å². The van der Waals surface area contributed by atoms with Gasteiger partial charge in [-0.05, 0) is 73.1 Å². The van der Waals surface area contributed by atoms with Crippen LogP contribution in [0.2, 0.25) is 0 Å². The van der Waals surface area contributed by atoms with E-state index in [0.29, 0.717) is 28.5 Å². The Hall–Kier alpha value is -1.79. The van der Waals surface area contributed by atoms with E-state index in [-0.39, 0.29) is 17.5 Å².